The van der Waals surface area contributed by atoms with E-state index in [1.165, 1.54) is 43.5 Å². The van der Waals surface area contributed by atoms with Gasteiger partial charge in [0, 0.05) is 32.7 Å². The quantitative estimate of drug-likeness (QED) is 0.554. The molecule has 2 aliphatic heterocycles. The van der Waals surface area contributed by atoms with E-state index in [2.05, 4.69) is 58.7 Å². The van der Waals surface area contributed by atoms with Crippen molar-refractivity contribution < 1.29 is 4.74 Å². The van der Waals surface area contributed by atoms with Gasteiger partial charge >= 0.3 is 0 Å². The summed E-state index contributed by atoms with van der Waals surface area (Å²) in [5, 5.41) is 6.76. The van der Waals surface area contributed by atoms with Crippen molar-refractivity contribution in [2.75, 3.05) is 52.9 Å². The SMILES string of the molecule is CCNC(=NCc1ccc(CN2CCCCC2)cc1)NCC1CN(C)CCO1. The molecule has 2 saturated heterocycles. The van der Waals surface area contributed by atoms with E-state index in [4.69, 9.17) is 9.73 Å². The minimum atomic E-state index is 0.219. The highest BCUT2D eigenvalue weighted by molar-refractivity contribution is 5.79. The Morgan fingerprint density at radius 1 is 1.07 bits per heavy atom. The smallest absolute Gasteiger partial charge is 0.191 e. The maximum atomic E-state index is 5.82. The molecular formula is C22H37N5O. The zero-order valence-corrected chi connectivity index (χ0v) is 17.6. The highest BCUT2D eigenvalue weighted by Gasteiger charge is 2.17. The Labute approximate surface area is 170 Å². The van der Waals surface area contributed by atoms with E-state index in [0.717, 1.165) is 45.3 Å². The molecule has 2 N–H and O–H groups in total. The van der Waals surface area contributed by atoms with Crippen LogP contribution in [0, 0.1) is 0 Å². The maximum absolute atomic E-state index is 5.82. The van der Waals surface area contributed by atoms with E-state index in [0.29, 0.717) is 6.54 Å². The summed E-state index contributed by atoms with van der Waals surface area (Å²) in [6.07, 6.45) is 4.29. The number of likely N-dealkylation sites (tertiary alicyclic amines) is 1. The molecule has 2 fully saturated rings. The number of morpholine rings is 1. The number of aliphatic imine (C=N–C) groups is 1. The van der Waals surface area contributed by atoms with Gasteiger partial charge in [0.1, 0.15) is 0 Å². The van der Waals surface area contributed by atoms with Gasteiger partial charge in [-0.15, -0.1) is 0 Å². The van der Waals surface area contributed by atoms with E-state index in [1.807, 2.05) is 0 Å². The predicted octanol–water partition coefficient (Wildman–Crippen LogP) is 2.06. The van der Waals surface area contributed by atoms with E-state index < -0.39 is 0 Å². The lowest BCUT2D eigenvalue weighted by Gasteiger charge is -2.30. The largest absolute Gasteiger partial charge is 0.374 e. The molecule has 2 aliphatic rings. The van der Waals surface area contributed by atoms with Crippen LogP contribution in [0.1, 0.15) is 37.3 Å². The number of hydrogen-bond donors (Lipinski definition) is 2. The van der Waals surface area contributed by atoms with Crippen LogP contribution in [0.5, 0.6) is 0 Å². The molecule has 0 aromatic heterocycles. The first-order valence-electron chi connectivity index (χ1n) is 10.9. The molecular weight excluding hydrogens is 350 g/mol. The van der Waals surface area contributed by atoms with Crippen LogP contribution in [-0.4, -0.2) is 74.8 Å². The van der Waals surface area contributed by atoms with Gasteiger partial charge in [0.05, 0.1) is 19.3 Å². The third-order valence-corrected chi connectivity index (χ3v) is 5.48. The molecule has 156 valence electrons. The lowest BCUT2D eigenvalue weighted by atomic mass is 10.1. The summed E-state index contributed by atoms with van der Waals surface area (Å²) in [5.41, 5.74) is 2.64. The molecule has 0 aliphatic carbocycles. The Hall–Kier alpha value is -1.63. The maximum Gasteiger partial charge on any atom is 0.191 e. The van der Waals surface area contributed by atoms with Crippen LogP contribution in [0.15, 0.2) is 29.3 Å². The number of benzene rings is 1. The third kappa shape index (κ3) is 7.08. The standard InChI is InChI=1S/C22H37N5O/c1-3-23-22(25-16-21-18-26(2)13-14-28-21)24-15-19-7-9-20(10-8-19)17-27-11-5-4-6-12-27/h7-10,21H,3-6,11-18H2,1-2H3,(H2,23,24,25). The van der Waals surface area contributed by atoms with Crippen molar-refractivity contribution in [2.24, 2.45) is 4.99 Å². The molecule has 28 heavy (non-hydrogen) atoms. The zero-order chi connectivity index (χ0) is 19.6. The summed E-state index contributed by atoms with van der Waals surface area (Å²) in [6, 6.07) is 8.94. The molecule has 0 spiro atoms. The normalized spacial score (nSPS) is 22.2. The second kappa shape index (κ2) is 11.4. The van der Waals surface area contributed by atoms with Crippen molar-refractivity contribution >= 4 is 5.96 Å². The van der Waals surface area contributed by atoms with Crippen molar-refractivity contribution in [1.29, 1.82) is 0 Å². The summed E-state index contributed by atoms with van der Waals surface area (Å²) >= 11 is 0. The van der Waals surface area contributed by atoms with Gasteiger partial charge in [-0.05, 0) is 51.0 Å². The number of nitrogens with zero attached hydrogens (tertiary/aromatic N) is 3. The van der Waals surface area contributed by atoms with Gasteiger partial charge in [0.25, 0.3) is 0 Å². The molecule has 6 heteroatoms. The summed E-state index contributed by atoms with van der Waals surface area (Å²) in [6.45, 7) is 10.8. The van der Waals surface area contributed by atoms with Crippen molar-refractivity contribution in [2.45, 2.75) is 45.4 Å². The molecule has 1 atom stereocenters. The molecule has 2 heterocycles. The molecule has 0 radical (unpaired) electrons. The number of piperidine rings is 1. The zero-order valence-electron chi connectivity index (χ0n) is 17.6. The summed E-state index contributed by atoms with van der Waals surface area (Å²) in [7, 11) is 2.14. The number of likely N-dealkylation sites (N-methyl/N-ethyl adjacent to an activating group) is 1. The van der Waals surface area contributed by atoms with Gasteiger partial charge in [-0.1, -0.05) is 30.7 Å². The first-order chi connectivity index (χ1) is 13.7. The van der Waals surface area contributed by atoms with Crippen LogP contribution in [0.4, 0.5) is 0 Å². The van der Waals surface area contributed by atoms with Crippen LogP contribution < -0.4 is 10.6 Å². The van der Waals surface area contributed by atoms with Crippen molar-refractivity contribution in [1.82, 2.24) is 20.4 Å². The number of guanidine groups is 1. The molecule has 0 saturated carbocycles. The number of hydrogen-bond acceptors (Lipinski definition) is 4. The first kappa shape index (κ1) is 21.1. The first-order valence-corrected chi connectivity index (χ1v) is 10.9. The van der Waals surface area contributed by atoms with Crippen molar-refractivity contribution in [3.8, 4) is 0 Å². The Kier molecular flexibility index (Phi) is 8.58. The average Bonchev–Trinajstić information content (AvgIpc) is 2.72. The van der Waals surface area contributed by atoms with Gasteiger partial charge < -0.3 is 20.3 Å². The van der Waals surface area contributed by atoms with Gasteiger partial charge in [-0.3, -0.25) is 4.90 Å². The molecule has 1 aromatic carbocycles. The fourth-order valence-electron chi connectivity index (χ4n) is 3.84. The fourth-order valence-corrected chi connectivity index (χ4v) is 3.84. The molecule has 6 nitrogen and oxygen atoms in total. The van der Waals surface area contributed by atoms with Crippen LogP contribution >= 0.6 is 0 Å². The Balaban J connectivity index is 1.47. The van der Waals surface area contributed by atoms with Gasteiger partial charge in [0.2, 0.25) is 0 Å². The fraction of sp³-hybridized carbons (Fsp3) is 0.682. The monoisotopic (exact) mass is 387 g/mol. The van der Waals surface area contributed by atoms with E-state index in [1.54, 1.807) is 0 Å². The minimum Gasteiger partial charge on any atom is -0.374 e. The minimum absolute atomic E-state index is 0.219. The topological polar surface area (TPSA) is 52.1 Å². The Morgan fingerprint density at radius 3 is 2.54 bits per heavy atom. The van der Waals surface area contributed by atoms with E-state index in [9.17, 15) is 0 Å². The van der Waals surface area contributed by atoms with Crippen LogP contribution in [0.2, 0.25) is 0 Å². The average molecular weight is 388 g/mol. The molecule has 1 unspecified atom stereocenters. The molecule has 0 amide bonds. The third-order valence-electron chi connectivity index (χ3n) is 5.48. The Bertz CT molecular complexity index is 597. The van der Waals surface area contributed by atoms with Gasteiger partial charge in [-0.2, -0.15) is 0 Å². The lowest BCUT2D eigenvalue weighted by molar-refractivity contribution is -0.0161. The second-order valence-electron chi connectivity index (χ2n) is 7.98. The number of rotatable bonds is 7. The number of ether oxygens (including phenoxy) is 1. The summed E-state index contributed by atoms with van der Waals surface area (Å²) in [5.74, 6) is 0.858. The highest BCUT2D eigenvalue weighted by Crippen LogP contribution is 2.14. The molecule has 3 rings (SSSR count). The predicted molar refractivity (Wildman–Crippen MR) is 116 cm³/mol. The second-order valence-corrected chi connectivity index (χ2v) is 7.98. The summed E-state index contributed by atoms with van der Waals surface area (Å²) in [4.78, 5) is 9.62. The Morgan fingerprint density at radius 2 is 1.82 bits per heavy atom. The summed E-state index contributed by atoms with van der Waals surface area (Å²) < 4.78 is 5.82. The van der Waals surface area contributed by atoms with E-state index >= 15 is 0 Å². The van der Waals surface area contributed by atoms with Gasteiger partial charge in [0.15, 0.2) is 5.96 Å². The number of nitrogens with one attached hydrogen (secondary N) is 2. The van der Waals surface area contributed by atoms with Crippen molar-refractivity contribution in [3.63, 3.8) is 0 Å². The lowest BCUT2D eigenvalue weighted by Crippen LogP contribution is -2.48. The molecule has 1 aromatic rings. The van der Waals surface area contributed by atoms with Crippen LogP contribution in [0.3, 0.4) is 0 Å². The van der Waals surface area contributed by atoms with E-state index in [-0.39, 0.29) is 6.10 Å². The van der Waals surface area contributed by atoms with Crippen LogP contribution in [-0.2, 0) is 17.8 Å². The molecule has 0 bridgehead atoms. The highest BCUT2D eigenvalue weighted by atomic mass is 16.5. The van der Waals surface area contributed by atoms with Crippen LogP contribution in [0.25, 0.3) is 0 Å². The van der Waals surface area contributed by atoms with Gasteiger partial charge in [-0.25, -0.2) is 4.99 Å². The van der Waals surface area contributed by atoms with Crippen molar-refractivity contribution in [3.05, 3.63) is 35.4 Å².